The maximum absolute atomic E-state index is 3.13. The number of fused-ring (bicyclic) bond motifs is 6. The Kier molecular flexibility index (Phi) is 10.9. The van der Waals surface area contributed by atoms with Gasteiger partial charge in [0, 0.05) is 38.4 Å². The zero-order valence-corrected chi connectivity index (χ0v) is 42.3. The molecule has 0 aliphatic heterocycles. The quantitative estimate of drug-likeness (QED) is 0.0955. The van der Waals surface area contributed by atoms with E-state index in [0.717, 1.165) is 33.5 Å². The van der Waals surface area contributed by atoms with Gasteiger partial charge in [0.25, 0.3) is 0 Å². The van der Waals surface area contributed by atoms with Crippen LogP contribution in [0.25, 0.3) is 99.5 Å². The van der Waals surface area contributed by atoms with Gasteiger partial charge in [-0.05, 0) is 96.6 Å². The summed E-state index contributed by atoms with van der Waals surface area (Å²) >= 11 is 0. The van der Waals surface area contributed by atoms with E-state index < -0.39 is 8.07 Å². The van der Waals surface area contributed by atoms with Crippen molar-refractivity contribution in [3.63, 3.8) is 0 Å². The topological polar surface area (TPSA) is 9.86 Å². The lowest BCUT2D eigenvalue weighted by molar-refractivity contribution is 1.18. The van der Waals surface area contributed by atoms with Gasteiger partial charge in [-0.1, -0.05) is 261 Å². The molecule has 0 saturated heterocycles. The molecule has 352 valence electrons. The molecule has 0 N–H and O–H groups in total. The summed E-state index contributed by atoms with van der Waals surface area (Å²) in [5, 5.41) is 10.2. The van der Waals surface area contributed by atoms with E-state index in [1.54, 1.807) is 0 Å². The average Bonchev–Trinajstić information content (AvgIpc) is 4.04. The highest BCUT2D eigenvalue weighted by Gasteiger charge is 2.43. The molecule has 14 aromatic rings. The normalized spacial score (nSPS) is 11.7. The highest BCUT2D eigenvalue weighted by Crippen LogP contribution is 2.44. The summed E-state index contributed by atoms with van der Waals surface area (Å²) in [4.78, 5) is 0. The molecule has 2 heterocycles. The molecule has 0 fully saturated rings. The Labute approximate surface area is 438 Å². The van der Waals surface area contributed by atoms with Crippen LogP contribution in [0.2, 0.25) is 0 Å². The molecule has 0 aliphatic carbocycles. The molecule has 0 amide bonds. The molecule has 0 atom stereocenters. The fourth-order valence-electron chi connectivity index (χ4n) is 12.2. The van der Waals surface area contributed by atoms with Crippen molar-refractivity contribution < 1.29 is 0 Å². The van der Waals surface area contributed by atoms with Gasteiger partial charge in [-0.2, -0.15) is 0 Å². The van der Waals surface area contributed by atoms with E-state index in [2.05, 4.69) is 312 Å². The molecular weight excluding hydrogens is 921 g/mol. The summed E-state index contributed by atoms with van der Waals surface area (Å²) in [5.74, 6) is 0. The molecule has 0 spiro atoms. The van der Waals surface area contributed by atoms with Crippen molar-refractivity contribution in [3.8, 4) is 55.9 Å². The second-order valence-electron chi connectivity index (χ2n) is 19.6. The van der Waals surface area contributed by atoms with E-state index in [0.29, 0.717) is 0 Å². The smallest absolute Gasteiger partial charge is 0.179 e. The minimum atomic E-state index is -3.13. The molecule has 14 rings (SSSR count). The van der Waals surface area contributed by atoms with Gasteiger partial charge in [-0.3, -0.25) is 0 Å². The zero-order chi connectivity index (χ0) is 49.7. The van der Waals surface area contributed by atoms with E-state index >= 15 is 0 Å². The Balaban J connectivity index is 1.08. The maximum atomic E-state index is 2.57. The van der Waals surface area contributed by atoms with E-state index in [1.807, 2.05) is 0 Å². The molecule has 2 aromatic heterocycles. The van der Waals surface area contributed by atoms with Gasteiger partial charge in [-0.15, -0.1) is 0 Å². The highest BCUT2D eigenvalue weighted by atomic mass is 28.3. The fraction of sp³-hybridized carbons (Fsp3) is 0. The van der Waals surface area contributed by atoms with Crippen molar-refractivity contribution in [1.82, 2.24) is 9.13 Å². The number of rotatable bonds is 10. The summed E-state index contributed by atoms with van der Waals surface area (Å²) in [7, 11) is -3.13. The molecule has 12 aromatic carbocycles. The first-order chi connectivity index (χ1) is 37.2. The van der Waals surface area contributed by atoms with Gasteiger partial charge >= 0.3 is 0 Å². The standard InChI is InChI=1S/C72H50N2Si/c1-7-25-51(26-8-1)54-31-23-38-59(47-54)75(57-34-15-5-16-35-57,58-36-17-6-18-37-58)60-49-64(52-27-9-2-10-28-52)72(65(50-60)53-29-11-3-12-30-53)74-67-42-21-19-39-62(67)66-48-55(45-46-69(66)74)61-41-24-44-70-71(61)63-40-20-22-43-68(63)73(70)56-32-13-4-14-33-56/h1-50H. The van der Waals surface area contributed by atoms with E-state index in [9.17, 15) is 0 Å². The molecule has 2 nitrogen and oxygen atoms in total. The second kappa shape index (κ2) is 18.5. The molecular formula is C72H50N2Si. The van der Waals surface area contributed by atoms with E-state index in [4.69, 9.17) is 0 Å². The van der Waals surface area contributed by atoms with E-state index in [-0.39, 0.29) is 0 Å². The van der Waals surface area contributed by atoms with Crippen molar-refractivity contribution in [2.45, 2.75) is 0 Å². The Bertz CT molecular complexity index is 4270. The Morgan fingerprint density at radius 3 is 1.29 bits per heavy atom. The van der Waals surface area contributed by atoms with Crippen LogP contribution in [0.5, 0.6) is 0 Å². The summed E-state index contributed by atoms with van der Waals surface area (Å²) in [5.41, 5.74) is 16.5. The molecule has 75 heavy (non-hydrogen) atoms. The van der Waals surface area contributed by atoms with Gasteiger partial charge < -0.3 is 9.13 Å². The lowest BCUT2D eigenvalue weighted by atomic mass is 9.95. The Morgan fingerprint density at radius 2 is 0.680 bits per heavy atom. The number of para-hydroxylation sites is 3. The van der Waals surface area contributed by atoms with Crippen LogP contribution < -0.4 is 20.7 Å². The summed E-state index contributed by atoms with van der Waals surface area (Å²) < 4.78 is 4.97. The number of hydrogen-bond donors (Lipinski definition) is 0. The summed E-state index contributed by atoms with van der Waals surface area (Å²) in [6.45, 7) is 0. The number of hydrogen-bond acceptors (Lipinski definition) is 0. The van der Waals surface area contributed by atoms with Gasteiger partial charge in [0.2, 0.25) is 0 Å². The van der Waals surface area contributed by atoms with Crippen molar-refractivity contribution in [2.24, 2.45) is 0 Å². The number of nitrogens with zero attached hydrogens (tertiary/aromatic N) is 2. The third-order valence-corrected chi connectivity index (χ3v) is 20.2. The van der Waals surface area contributed by atoms with Crippen LogP contribution in [0.3, 0.4) is 0 Å². The predicted octanol–water partition coefficient (Wildman–Crippen LogP) is 15.9. The molecule has 0 bridgehead atoms. The van der Waals surface area contributed by atoms with Gasteiger partial charge in [0.05, 0.1) is 27.8 Å². The maximum Gasteiger partial charge on any atom is 0.179 e. The van der Waals surface area contributed by atoms with Crippen LogP contribution >= 0.6 is 0 Å². The van der Waals surface area contributed by atoms with Crippen molar-refractivity contribution in [3.05, 3.63) is 303 Å². The molecule has 3 heteroatoms. The molecule has 0 saturated carbocycles. The third-order valence-electron chi connectivity index (χ3n) is 15.4. The first-order valence-electron chi connectivity index (χ1n) is 25.9. The minimum Gasteiger partial charge on any atom is -0.309 e. The van der Waals surface area contributed by atoms with E-state index in [1.165, 1.54) is 86.7 Å². The average molecular weight is 971 g/mol. The van der Waals surface area contributed by atoms with Crippen LogP contribution in [0, 0.1) is 0 Å². The number of benzene rings is 12. The second-order valence-corrected chi connectivity index (χ2v) is 23.4. The monoisotopic (exact) mass is 970 g/mol. The molecule has 0 unspecified atom stereocenters. The summed E-state index contributed by atoms with van der Waals surface area (Å²) in [6.07, 6.45) is 0. The lowest BCUT2D eigenvalue weighted by Gasteiger charge is -2.36. The molecule has 0 radical (unpaired) electrons. The van der Waals surface area contributed by atoms with Crippen molar-refractivity contribution >= 4 is 72.4 Å². The SMILES string of the molecule is c1ccc(-c2cccc([Si](c3ccccc3)(c3ccccc3)c3cc(-c4ccccc4)c(-n4c5ccccc5c5cc(-c6cccc7c6c6ccccc6n7-c6ccccc6)ccc54)c(-c4ccccc4)c3)c2)cc1. The van der Waals surface area contributed by atoms with Crippen LogP contribution in [0.15, 0.2) is 303 Å². The Hall–Kier alpha value is -9.54. The van der Waals surface area contributed by atoms with Crippen LogP contribution in [-0.2, 0) is 0 Å². The van der Waals surface area contributed by atoms with Crippen LogP contribution in [-0.4, -0.2) is 17.2 Å². The molecule has 0 aliphatic rings. The third kappa shape index (κ3) is 7.31. The largest absolute Gasteiger partial charge is 0.309 e. The van der Waals surface area contributed by atoms with Gasteiger partial charge in [-0.25, -0.2) is 0 Å². The van der Waals surface area contributed by atoms with Crippen LogP contribution in [0.4, 0.5) is 0 Å². The van der Waals surface area contributed by atoms with Crippen molar-refractivity contribution in [2.75, 3.05) is 0 Å². The van der Waals surface area contributed by atoms with Gasteiger partial charge in [0.1, 0.15) is 0 Å². The highest BCUT2D eigenvalue weighted by molar-refractivity contribution is 7.20. The van der Waals surface area contributed by atoms with Gasteiger partial charge in [0.15, 0.2) is 8.07 Å². The zero-order valence-electron chi connectivity index (χ0n) is 41.3. The Morgan fingerprint density at radius 1 is 0.227 bits per heavy atom. The lowest BCUT2D eigenvalue weighted by Crippen LogP contribution is -2.74. The fourth-order valence-corrected chi connectivity index (χ4v) is 17.0. The van der Waals surface area contributed by atoms with Crippen LogP contribution in [0.1, 0.15) is 0 Å². The first kappa shape index (κ1) is 44.2. The minimum absolute atomic E-state index is 1.15. The van der Waals surface area contributed by atoms with Crippen molar-refractivity contribution in [1.29, 1.82) is 0 Å². The predicted molar refractivity (Wildman–Crippen MR) is 320 cm³/mol. The first-order valence-corrected chi connectivity index (χ1v) is 27.9. The number of aromatic nitrogens is 2. The summed E-state index contributed by atoms with van der Waals surface area (Å²) in [6, 6.07) is 113.